The molecule has 0 aliphatic carbocycles. The second-order valence-electron chi connectivity index (χ2n) is 3.33. The Hall–Kier alpha value is -1.70. The molecular formula is C13H13LiO5. The van der Waals surface area contributed by atoms with Crippen LogP contribution < -0.4 is 28.7 Å². The summed E-state index contributed by atoms with van der Waals surface area (Å²) in [5.74, 6) is -2.07. The Bertz CT molecular complexity index is 482. The Morgan fingerprint density at radius 1 is 1.37 bits per heavy atom. The summed E-state index contributed by atoms with van der Waals surface area (Å²) in [5, 5.41) is 11.7. The van der Waals surface area contributed by atoms with E-state index in [1.165, 1.54) is 19.2 Å². The second kappa shape index (κ2) is 8.41. The molecule has 19 heavy (non-hydrogen) atoms. The zero-order valence-electron chi connectivity index (χ0n) is 11.1. The Balaban J connectivity index is 0.00000324. The maximum Gasteiger partial charge on any atom is 1.00 e. The quantitative estimate of drug-likeness (QED) is 0.192. The first-order valence-corrected chi connectivity index (χ1v) is 5.32. The number of ketones is 1. The van der Waals surface area contributed by atoms with Gasteiger partial charge in [-0.15, -0.1) is 0 Å². The van der Waals surface area contributed by atoms with Crippen molar-refractivity contribution >= 4 is 17.5 Å². The van der Waals surface area contributed by atoms with Gasteiger partial charge in [0.15, 0.2) is 0 Å². The number of hydrogen-bond acceptors (Lipinski definition) is 5. The number of ether oxygens (including phenoxy) is 2. The number of esters is 1. The van der Waals surface area contributed by atoms with E-state index < -0.39 is 17.5 Å². The van der Waals surface area contributed by atoms with Crippen LogP contribution in [-0.4, -0.2) is 25.5 Å². The Morgan fingerprint density at radius 3 is 2.63 bits per heavy atom. The van der Waals surface area contributed by atoms with E-state index in [1.54, 1.807) is 19.1 Å². The Labute approximate surface area is 123 Å². The number of carbonyl (C=O) groups excluding carboxylic acids is 2. The SMILES string of the molecule is CCOC(=O)C(=O)C=C([O-])c1cccc(OC)c1.[Li+]. The predicted octanol–water partition coefficient (Wildman–Crippen LogP) is -2.47. The molecular weight excluding hydrogens is 243 g/mol. The average molecular weight is 256 g/mol. The summed E-state index contributed by atoms with van der Waals surface area (Å²) in [5.41, 5.74) is 0.270. The zero-order valence-corrected chi connectivity index (χ0v) is 11.1. The number of rotatable bonds is 5. The van der Waals surface area contributed by atoms with Crippen molar-refractivity contribution in [3.8, 4) is 5.75 Å². The first kappa shape index (κ1) is 17.3. The van der Waals surface area contributed by atoms with E-state index in [0.717, 1.165) is 0 Å². The maximum atomic E-state index is 11.7. The molecule has 0 saturated carbocycles. The molecule has 0 aliphatic rings. The van der Waals surface area contributed by atoms with Crippen LogP contribution in [0.4, 0.5) is 0 Å². The molecule has 1 rings (SSSR count). The van der Waals surface area contributed by atoms with Crippen molar-refractivity contribution < 1.29 is 43.0 Å². The molecule has 1 aromatic rings. The minimum Gasteiger partial charge on any atom is -0.872 e. The maximum absolute atomic E-state index is 11.7. The van der Waals surface area contributed by atoms with Gasteiger partial charge in [0.05, 0.1) is 13.7 Å². The van der Waals surface area contributed by atoms with Gasteiger partial charge < -0.3 is 14.6 Å². The monoisotopic (exact) mass is 256 g/mol. The topological polar surface area (TPSA) is 75.7 Å². The molecule has 96 valence electrons. The van der Waals surface area contributed by atoms with Crippen LogP contribution in [0.2, 0.25) is 0 Å². The van der Waals surface area contributed by atoms with Gasteiger partial charge in [0.25, 0.3) is 5.78 Å². The van der Waals surface area contributed by atoms with E-state index in [-0.39, 0.29) is 31.0 Å². The van der Waals surface area contributed by atoms with Crippen molar-refractivity contribution in [2.75, 3.05) is 13.7 Å². The molecule has 0 atom stereocenters. The van der Waals surface area contributed by atoms with Gasteiger partial charge in [0.2, 0.25) is 0 Å². The smallest absolute Gasteiger partial charge is 0.872 e. The van der Waals surface area contributed by atoms with Gasteiger partial charge in [-0.05, 0) is 30.7 Å². The third kappa shape index (κ3) is 5.21. The van der Waals surface area contributed by atoms with E-state index in [2.05, 4.69) is 4.74 Å². The molecule has 0 radical (unpaired) electrons. The van der Waals surface area contributed by atoms with E-state index in [4.69, 9.17) is 4.74 Å². The van der Waals surface area contributed by atoms with Crippen LogP contribution in [0.25, 0.3) is 5.76 Å². The number of methoxy groups -OCH3 is 1. The molecule has 0 saturated heterocycles. The van der Waals surface area contributed by atoms with E-state index in [0.29, 0.717) is 11.8 Å². The molecule has 0 fully saturated rings. The molecule has 5 nitrogen and oxygen atoms in total. The molecule has 0 spiro atoms. The molecule has 0 N–H and O–H groups in total. The molecule has 1 aromatic carbocycles. The summed E-state index contributed by atoms with van der Waals surface area (Å²) in [6.45, 7) is 1.67. The summed E-state index contributed by atoms with van der Waals surface area (Å²) in [6.07, 6.45) is 0.715. The molecule has 0 unspecified atom stereocenters. The zero-order chi connectivity index (χ0) is 13.5. The van der Waals surface area contributed by atoms with Gasteiger partial charge in [0, 0.05) is 0 Å². The molecule has 0 heterocycles. The van der Waals surface area contributed by atoms with Crippen LogP contribution in [0.1, 0.15) is 12.5 Å². The van der Waals surface area contributed by atoms with Crippen molar-refractivity contribution in [1.82, 2.24) is 0 Å². The molecule has 0 amide bonds. The Kier molecular flexibility index (Phi) is 7.65. The summed E-state index contributed by atoms with van der Waals surface area (Å²) < 4.78 is 9.44. The van der Waals surface area contributed by atoms with Crippen LogP contribution in [-0.2, 0) is 14.3 Å². The fourth-order valence-corrected chi connectivity index (χ4v) is 1.24. The largest absolute Gasteiger partial charge is 1.00 e. The fourth-order valence-electron chi connectivity index (χ4n) is 1.24. The Morgan fingerprint density at radius 2 is 2.05 bits per heavy atom. The molecule has 0 aromatic heterocycles. The van der Waals surface area contributed by atoms with Crippen molar-refractivity contribution in [3.63, 3.8) is 0 Å². The normalized spacial score (nSPS) is 10.3. The van der Waals surface area contributed by atoms with Crippen LogP contribution in [0, 0.1) is 0 Å². The summed E-state index contributed by atoms with van der Waals surface area (Å²) >= 11 is 0. The van der Waals surface area contributed by atoms with Crippen molar-refractivity contribution in [1.29, 1.82) is 0 Å². The van der Waals surface area contributed by atoms with E-state index >= 15 is 0 Å². The van der Waals surface area contributed by atoms with E-state index in [1.807, 2.05) is 0 Å². The van der Waals surface area contributed by atoms with Gasteiger partial charge in [-0.2, -0.15) is 0 Å². The van der Waals surface area contributed by atoms with Crippen molar-refractivity contribution in [2.45, 2.75) is 6.92 Å². The van der Waals surface area contributed by atoms with Gasteiger partial charge in [-0.3, -0.25) is 4.79 Å². The third-order valence-corrected chi connectivity index (χ3v) is 2.09. The molecule has 0 bridgehead atoms. The van der Waals surface area contributed by atoms with Gasteiger partial charge >= 0.3 is 24.8 Å². The van der Waals surface area contributed by atoms with E-state index in [9.17, 15) is 14.7 Å². The first-order chi connectivity index (χ1) is 8.58. The standard InChI is InChI=1S/C13H14O5.Li/c1-3-18-13(16)12(15)8-11(14)9-5-4-6-10(7-9)17-2;/h4-8,14H,3H2,1-2H3;/q;+1/p-1. The average Bonchev–Trinajstić information content (AvgIpc) is 2.39. The summed E-state index contributed by atoms with van der Waals surface area (Å²) in [7, 11) is 1.47. The van der Waals surface area contributed by atoms with Gasteiger partial charge in [-0.25, -0.2) is 4.79 Å². The van der Waals surface area contributed by atoms with Crippen molar-refractivity contribution in [3.05, 3.63) is 35.9 Å². The molecule has 6 heteroatoms. The minimum atomic E-state index is -1.03. The van der Waals surface area contributed by atoms with Crippen LogP contribution in [0.15, 0.2) is 30.3 Å². The second-order valence-corrected chi connectivity index (χ2v) is 3.33. The number of benzene rings is 1. The van der Waals surface area contributed by atoms with Crippen molar-refractivity contribution in [2.24, 2.45) is 0 Å². The number of hydrogen-bond donors (Lipinski definition) is 0. The van der Waals surface area contributed by atoms with Crippen LogP contribution in [0.5, 0.6) is 5.75 Å². The third-order valence-electron chi connectivity index (χ3n) is 2.09. The fraction of sp³-hybridized carbons (Fsp3) is 0.231. The molecule has 0 aliphatic heterocycles. The minimum absolute atomic E-state index is 0. The van der Waals surface area contributed by atoms with Crippen LogP contribution in [0.3, 0.4) is 0 Å². The number of carbonyl (C=O) groups is 2. The van der Waals surface area contributed by atoms with Gasteiger partial charge in [0.1, 0.15) is 5.75 Å². The van der Waals surface area contributed by atoms with Crippen LogP contribution >= 0.6 is 0 Å². The predicted molar refractivity (Wildman–Crippen MR) is 62.6 cm³/mol. The summed E-state index contributed by atoms with van der Waals surface area (Å²) in [4.78, 5) is 22.3. The van der Waals surface area contributed by atoms with Gasteiger partial charge in [-0.1, -0.05) is 17.9 Å². The summed E-state index contributed by atoms with van der Waals surface area (Å²) in [6, 6.07) is 6.30. The first-order valence-electron chi connectivity index (χ1n) is 5.32.